The molecule has 1 saturated heterocycles. The minimum Gasteiger partial charge on any atom is -0.489 e. The molecule has 21 rings (SSSR count). The van der Waals surface area contributed by atoms with Crippen LogP contribution < -0.4 is 36.6 Å². The van der Waals surface area contributed by atoms with Gasteiger partial charge in [-0.1, -0.05) is 40.9 Å². The molecule has 6 N–H and O–H groups in total. The quantitative estimate of drug-likeness (QED) is 0.0234. The first kappa shape index (κ1) is 99.9. The molecular weight excluding hydrogens is 1940 g/mol. The van der Waals surface area contributed by atoms with Gasteiger partial charge >= 0.3 is 12.1 Å². The molecule has 0 bridgehead atoms. The molecule has 0 unspecified atom stereocenters. The van der Waals surface area contributed by atoms with Gasteiger partial charge in [-0.25, -0.2) is 116 Å². The highest BCUT2D eigenvalue weighted by Gasteiger charge is 2.25. The van der Waals surface area contributed by atoms with Crippen molar-refractivity contribution in [3.63, 3.8) is 0 Å². The highest BCUT2D eigenvalue weighted by molar-refractivity contribution is 6.31. The molecule has 730 valence electrons. The second-order valence-electron chi connectivity index (χ2n) is 33.5. The van der Waals surface area contributed by atoms with Crippen LogP contribution in [0.3, 0.4) is 0 Å². The van der Waals surface area contributed by atoms with Crippen molar-refractivity contribution < 1.29 is 50.1 Å². The number of hydrogen-bond donors (Lipinski definition) is 6. The molecule has 1 amide bonds. The van der Waals surface area contributed by atoms with Gasteiger partial charge in [0.25, 0.3) is 0 Å². The number of piperidine rings is 1. The van der Waals surface area contributed by atoms with E-state index in [1.54, 1.807) is 143 Å². The minimum atomic E-state index is -1.26. The number of esters is 1. The summed E-state index contributed by atoms with van der Waals surface area (Å²) in [5.41, 5.74) is 11.1. The van der Waals surface area contributed by atoms with E-state index in [9.17, 15) is 35.9 Å². The van der Waals surface area contributed by atoms with Crippen LogP contribution in [0.25, 0.3) is 112 Å². The van der Waals surface area contributed by atoms with Gasteiger partial charge in [-0.15, -0.1) is 0 Å². The van der Waals surface area contributed by atoms with Gasteiger partial charge in [0, 0.05) is 144 Å². The Labute approximate surface area is 844 Å². The Balaban J connectivity index is 0.000000125. The molecule has 16 aromatic heterocycles. The van der Waals surface area contributed by atoms with E-state index in [0.29, 0.717) is 141 Å². The van der Waals surface area contributed by atoms with Crippen molar-refractivity contribution in [1.29, 1.82) is 0 Å². The number of anilines is 11. The van der Waals surface area contributed by atoms with E-state index in [1.807, 2.05) is 79.7 Å². The van der Waals surface area contributed by atoms with E-state index >= 15 is 0 Å². The molecule has 1 aliphatic heterocycles. The molecule has 1 aliphatic rings. The van der Waals surface area contributed by atoms with Crippen molar-refractivity contribution in [3.8, 4) is 62.2 Å². The van der Waals surface area contributed by atoms with Gasteiger partial charge in [-0.3, -0.25) is 15.3 Å². The Morgan fingerprint density at radius 1 is 0.390 bits per heavy atom. The number of fused-ring (bicyclic) bond motifs is 5. The highest BCUT2D eigenvalue weighted by Crippen LogP contribution is 2.40. The Morgan fingerprint density at radius 2 is 0.822 bits per heavy atom. The fourth-order valence-electron chi connectivity index (χ4n) is 15.1. The maximum atomic E-state index is 14.6. The van der Waals surface area contributed by atoms with Gasteiger partial charge in [-0.2, -0.15) is 4.98 Å². The SMILES string of the molecule is CC(C)(C)OC(=O)Nc1nccc(Nc2cc(-c3cc(Cl)ccc3F)nc3ncccc23)n1.CN1CCC(COc2cnccc2Nc2cc(-c3cc(Cl)ccc3F)nc3ncccc23)CC1.COC(=O)c1cc(Nc2cc(-c3cc(Cl)ccc3F)nc3ncccc23)ccn1.Cc1cccc(-c2cc(Nc3ccncn3)c3cccnc3n2)n1.Fc1cc(F)c(-c2cc(Nc3ccncn3)c3cccnc3n2)cc1F. The van der Waals surface area contributed by atoms with Crippen LogP contribution in [0.1, 0.15) is 49.8 Å². The van der Waals surface area contributed by atoms with Crippen molar-refractivity contribution >= 4 is 165 Å². The second kappa shape index (κ2) is 45.9. The molecule has 0 saturated carbocycles. The van der Waals surface area contributed by atoms with E-state index in [1.165, 1.54) is 93.0 Å². The molecule has 0 spiro atoms. The van der Waals surface area contributed by atoms with Crippen LogP contribution in [0.2, 0.25) is 15.1 Å². The summed E-state index contributed by atoms with van der Waals surface area (Å²) in [5, 5.41) is 23.8. The number of benzene rings is 4. The minimum absolute atomic E-state index is 0.0619. The number of halogens is 9. The number of pyridine rings is 13. The van der Waals surface area contributed by atoms with Crippen molar-refractivity contribution in [2.45, 2.75) is 46.1 Å². The van der Waals surface area contributed by atoms with Gasteiger partial charge in [0.15, 0.2) is 45.6 Å². The number of carbonyl (C=O) groups excluding carboxylic acids is 2. The molecule has 0 aliphatic carbocycles. The lowest BCUT2D eigenvalue weighted by molar-refractivity contribution is 0.0591. The molecule has 0 atom stereocenters. The molecule has 17 heterocycles. The predicted molar refractivity (Wildman–Crippen MR) is 550 cm³/mol. The van der Waals surface area contributed by atoms with E-state index < -0.39 is 52.6 Å². The van der Waals surface area contributed by atoms with Gasteiger partial charge < -0.3 is 45.7 Å². The molecule has 31 nitrogen and oxygen atoms in total. The monoisotopic (exact) mass is 2020 g/mol. The topological polar surface area (TPSA) is 382 Å². The number of aromatic nitrogens is 19. The summed E-state index contributed by atoms with van der Waals surface area (Å²) >= 11 is 18.2. The maximum Gasteiger partial charge on any atom is 0.414 e. The first-order valence-corrected chi connectivity index (χ1v) is 46.1. The normalized spacial score (nSPS) is 11.9. The van der Waals surface area contributed by atoms with Crippen LogP contribution in [-0.2, 0) is 9.47 Å². The van der Waals surface area contributed by atoms with E-state index in [4.69, 9.17) is 49.0 Å². The lowest BCUT2D eigenvalue weighted by atomic mass is 9.98. The van der Waals surface area contributed by atoms with Crippen molar-refractivity contribution in [2.75, 3.05) is 65.8 Å². The molecular formula is C106H83Cl3F6N26O5. The largest absolute Gasteiger partial charge is 0.489 e. The third kappa shape index (κ3) is 25.4. The third-order valence-corrected chi connectivity index (χ3v) is 22.7. The number of nitrogens with one attached hydrogen (secondary N) is 6. The zero-order valence-corrected chi connectivity index (χ0v) is 80.5. The van der Waals surface area contributed by atoms with Gasteiger partial charge in [0.05, 0.1) is 88.2 Å². The van der Waals surface area contributed by atoms with Crippen molar-refractivity contribution in [2.24, 2.45) is 5.92 Å². The number of methoxy groups -OCH3 is 1. The van der Waals surface area contributed by atoms with Crippen LogP contribution in [-0.4, -0.2) is 151 Å². The van der Waals surface area contributed by atoms with Crippen molar-refractivity contribution in [3.05, 3.63) is 355 Å². The van der Waals surface area contributed by atoms with E-state index in [-0.39, 0.29) is 34.0 Å². The van der Waals surface area contributed by atoms with Gasteiger partial charge in [-0.05, 0) is 267 Å². The molecule has 4 aromatic carbocycles. The zero-order chi connectivity index (χ0) is 102. The number of rotatable bonds is 20. The van der Waals surface area contributed by atoms with Gasteiger partial charge in [0.1, 0.15) is 64.7 Å². The van der Waals surface area contributed by atoms with E-state index in [2.05, 4.69) is 139 Å². The Kier molecular flexibility index (Phi) is 31.4. The average Bonchev–Trinajstić information content (AvgIpc) is 0.802. The van der Waals surface area contributed by atoms with Crippen LogP contribution in [0.4, 0.5) is 94.4 Å². The molecule has 0 radical (unpaired) electrons. The molecule has 40 heteroatoms. The van der Waals surface area contributed by atoms with Crippen LogP contribution in [0, 0.1) is 47.7 Å². The van der Waals surface area contributed by atoms with Gasteiger partial charge in [0.2, 0.25) is 5.95 Å². The summed E-state index contributed by atoms with van der Waals surface area (Å²) in [5.74, 6) is -2.31. The molecule has 146 heavy (non-hydrogen) atoms. The second-order valence-corrected chi connectivity index (χ2v) is 34.8. The summed E-state index contributed by atoms with van der Waals surface area (Å²) in [4.78, 5) is 107. The lowest BCUT2D eigenvalue weighted by Crippen LogP contribution is -2.32. The Bertz CT molecular complexity index is 8190. The highest BCUT2D eigenvalue weighted by atomic mass is 35.5. The first-order valence-electron chi connectivity index (χ1n) is 44.9. The number of amides is 1. The fraction of sp³-hybridized carbons (Fsp3) is 0.123. The summed E-state index contributed by atoms with van der Waals surface area (Å²) in [6.07, 6.45) is 22.3. The zero-order valence-electron chi connectivity index (χ0n) is 78.2. The number of likely N-dealkylation sites (tertiary alicyclic amines) is 1. The summed E-state index contributed by atoms with van der Waals surface area (Å²) in [6, 6.07) is 57.4. The number of ether oxygens (including phenoxy) is 3. The number of hydrogen-bond acceptors (Lipinski definition) is 30. The number of nitrogens with zero attached hydrogens (tertiary/aromatic N) is 20. The lowest BCUT2D eigenvalue weighted by Gasteiger charge is -2.28. The molecule has 20 aromatic rings. The summed E-state index contributed by atoms with van der Waals surface area (Å²) in [7, 11) is 3.44. The van der Waals surface area contributed by atoms with Crippen LogP contribution >= 0.6 is 34.8 Å². The maximum absolute atomic E-state index is 14.6. The summed E-state index contributed by atoms with van der Waals surface area (Å²) < 4.78 is 101. The standard InChI is InChI=1S/C26H25ClFN5O.C23H20ClFN6O2.C21H14ClFN4O2.C18H10F3N5.C18H14N6/c1-33-11-7-17(8-12-33)16-34-25-15-29-10-6-22(25)31-23-14-24(20-13-18(27)4-5-21(20)28)32-26-19(23)3-2-9-30-26;1-23(2,3)33-22(32)31-21-27-10-8-19(30-21)28-17-12-18(15-11-13(24)6-7-16(15)25)29-20-14(17)5-4-9-26-20;1-29-21(28)19-10-13(6-8-24-19)26-17-11-18(15-9-12(22)4-5-16(15)23)27-20-14(17)3-2-7-25-20;19-12-7-14(21)13(20)6-11(12)16-8-15(25-17-3-5-22-9-24-17)10-2-1-4-23-18(10)26-16;1-12-4-2-6-14(22-12)16-10-15(23-17-7-9-19-11-21-17)13-5-3-8-20-18(13)24-16/h2-6,9-10,13-15,17H,7-8,11-12,16H2,1H3,(H,29,30,31,32);4-12H,1-3H3,(H2,26,27,28,29,30,31,32);2-11H,1H3,(H,24,25,26,27);1-9H,(H,22,23,24,25,26);2-11H,1H3,(H,19,20,21,23,24). The van der Waals surface area contributed by atoms with Crippen LogP contribution in [0.15, 0.2) is 293 Å². The number of aryl methyl sites for hydroxylation is 1. The summed E-state index contributed by atoms with van der Waals surface area (Å²) in [6.45, 7) is 10.1. The number of carbonyl (C=O) groups is 2. The smallest absolute Gasteiger partial charge is 0.414 e. The Hall–Kier alpha value is -17.7. The molecule has 1 fully saturated rings. The third-order valence-electron chi connectivity index (χ3n) is 22.0. The Morgan fingerprint density at radius 3 is 1.29 bits per heavy atom. The van der Waals surface area contributed by atoms with Crippen LogP contribution in [0.5, 0.6) is 5.75 Å². The average molecular weight is 2020 g/mol. The van der Waals surface area contributed by atoms with E-state index in [0.717, 1.165) is 82.3 Å². The van der Waals surface area contributed by atoms with Crippen molar-refractivity contribution in [1.82, 2.24) is 99.6 Å². The fourth-order valence-corrected chi connectivity index (χ4v) is 15.6. The first-order chi connectivity index (χ1) is 70.7. The predicted octanol–water partition coefficient (Wildman–Crippen LogP) is 24.7.